The van der Waals surface area contributed by atoms with Crippen molar-refractivity contribution in [1.29, 1.82) is 0 Å². The summed E-state index contributed by atoms with van der Waals surface area (Å²) in [5.41, 5.74) is -0.178. The number of aliphatic hydroxyl groups is 1. The van der Waals surface area contributed by atoms with Gasteiger partial charge in [0.2, 0.25) is 11.0 Å². The lowest BCUT2D eigenvalue weighted by molar-refractivity contribution is -0.128. The zero-order chi connectivity index (χ0) is 16.2. The first-order chi connectivity index (χ1) is 10.9. The second kappa shape index (κ2) is 5.41. The predicted molar refractivity (Wildman–Crippen MR) is 88.4 cm³/mol. The molecule has 0 spiro atoms. The van der Waals surface area contributed by atoms with Crippen molar-refractivity contribution < 1.29 is 9.90 Å². The Labute approximate surface area is 140 Å². The quantitative estimate of drug-likeness (QED) is 0.871. The zero-order valence-electron chi connectivity index (χ0n) is 13.7. The molecule has 2 heterocycles. The van der Waals surface area contributed by atoms with Crippen LogP contribution in [0.3, 0.4) is 0 Å². The number of nitrogens with zero attached hydrogens (tertiary/aromatic N) is 3. The molecule has 23 heavy (non-hydrogen) atoms. The maximum atomic E-state index is 12.3. The third-order valence-corrected chi connectivity index (χ3v) is 6.69. The molecule has 2 saturated carbocycles. The van der Waals surface area contributed by atoms with E-state index >= 15 is 0 Å². The summed E-state index contributed by atoms with van der Waals surface area (Å²) in [7, 11) is 0. The number of hydrogen-bond acceptors (Lipinski definition) is 6. The number of aryl methyl sites for hydroxylation is 1. The van der Waals surface area contributed by atoms with Crippen LogP contribution >= 0.6 is 11.3 Å². The lowest BCUT2D eigenvalue weighted by atomic mass is 9.77. The number of aliphatic hydroxyl groups excluding tert-OH is 1. The summed E-state index contributed by atoms with van der Waals surface area (Å²) in [6.45, 7) is 5.87. The summed E-state index contributed by atoms with van der Waals surface area (Å²) in [5, 5.41) is 23.9. The Balaban J connectivity index is 1.41. The van der Waals surface area contributed by atoms with Gasteiger partial charge in [-0.05, 0) is 44.4 Å². The van der Waals surface area contributed by atoms with E-state index in [4.69, 9.17) is 0 Å². The lowest BCUT2D eigenvalue weighted by Gasteiger charge is -2.36. The number of fused-ring (bicyclic) bond motifs is 1. The molecule has 0 bridgehead atoms. The highest BCUT2D eigenvalue weighted by Gasteiger charge is 2.48. The van der Waals surface area contributed by atoms with Crippen molar-refractivity contribution in [3.8, 4) is 0 Å². The van der Waals surface area contributed by atoms with Gasteiger partial charge in [-0.2, -0.15) is 0 Å². The molecule has 2 N–H and O–H groups in total. The standard InChI is InChI=1S/C16H24N4O2S/c1-9-18-19-15(23-9)20-7-10-5-12(13(21)6-11(10)8-20)17-14(22)16(2)3-4-16/h10-13,21H,3-8H2,1-2H3,(H,17,22)/t10-,11+,12-,13-/m0/s1. The molecule has 6 nitrogen and oxygen atoms in total. The Hall–Kier alpha value is -1.21. The maximum absolute atomic E-state index is 12.3. The fourth-order valence-electron chi connectivity index (χ4n) is 3.91. The van der Waals surface area contributed by atoms with Gasteiger partial charge in [-0.15, -0.1) is 10.2 Å². The lowest BCUT2D eigenvalue weighted by Crippen LogP contribution is -2.50. The monoisotopic (exact) mass is 336 g/mol. The van der Waals surface area contributed by atoms with Crippen molar-refractivity contribution in [3.63, 3.8) is 0 Å². The Kier molecular flexibility index (Phi) is 3.61. The Bertz CT molecular complexity index is 615. The SMILES string of the molecule is Cc1nnc(N2C[C@H]3C[C@H](O)[C@@H](NC(=O)C4(C)CC4)C[C@H]3C2)s1. The van der Waals surface area contributed by atoms with E-state index in [1.807, 2.05) is 13.8 Å². The molecule has 3 fully saturated rings. The minimum atomic E-state index is -0.432. The Morgan fingerprint density at radius 1 is 1.30 bits per heavy atom. The van der Waals surface area contributed by atoms with Crippen LogP contribution in [0.2, 0.25) is 0 Å². The number of carbonyl (C=O) groups excluding carboxylic acids is 1. The average Bonchev–Trinajstić information content (AvgIpc) is 2.94. The minimum Gasteiger partial charge on any atom is -0.391 e. The zero-order valence-corrected chi connectivity index (χ0v) is 14.5. The van der Waals surface area contributed by atoms with Gasteiger partial charge < -0.3 is 15.3 Å². The number of amides is 1. The molecule has 0 unspecified atom stereocenters. The summed E-state index contributed by atoms with van der Waals surface area (Å²) >= 11 is 1.63. The van der Waals surface area contributed by atoms with Gasteiger partial charge in [0, 0.05) is 18.5 Å². The first-order valence-corrected chi connectivity index (χ1v) is 9.30. The number of nitrogens with one attached hydrogen (secondary N) is 1. The molecule has 1 aromatic heterocycles. The van der Waals surface area contributed by atoms with Crippen molar-refractivity contribution in [2.45, 2.75) is 51.7 Å². The topological polar surface area (TPSA) is 78.3 Å². The molecular formula is C16H24N4O2S. The molecule has 4 rings (SSSR count). The van der Waals surface area contributed by atoms with E-state index in [-0.39, 0.29) is 17.4 Å². The molecular weight excluding hydrogens is 312 g/mol. The van der Waals surface area contributed by atoms with Crippen LogP contribution in [0.25, 0.3) is 0 Å². The second-order valence-corrected chi connectivity index (χ2v) is 8.87. The summed E-state index contributed by atoms with van der Waals surface area (Å²) in [6, 6.07) is -0.0997. The highest BCUT2D eigenvalue weighted by Crippen LogP contribution is 2.46. The first-order valence-electron chi connectivity index (χ1n) is 8.49. The smallest absolute Gasteiger partial charge is 0.226 e. The van der Waals surface area contributed by atoms with Crippen LogP contribution < -0.4 is 10.2 Å². The summed E-state index contributed by atoms with van der Waals surface area (Å²) in [6.07, 6.45) is 3.14. The Morgan fingerprint density at radius 3 is 2.61 bits per heavy atom. The first kappa shape index (κ1) is 15.3. The third-order valence-electron chi connectivity index (χ3n) is 5.79. The van der Waals surface area contributed by atoms with Gasteiger partial charge >= 0.3 is 0 Å². The molecule has 4 atom stereocenters. The van der Waals surface area contributed by atoms with E-state index in [0.717, 1.165) is 48.9 Å². The van der Waals surface area contributed by atoms with E-state index in [9.17, 15) is 9.90 Å². The van der Waals surface area contributed by atoms with Crippen LogP contribution in [-0.2, 0) is 4.79 Å². The number of anilines is 1. The molecule has 1 amide bonds. The van der Waals surface area contributed by atoms with Gasteiger partial charge in [-0.1, -0.05) is 18.3 Å². The molecule has 2 aliphatic carbocycles. The van der Waals surface area contributed by atoms with Gasteiger partial charge in [0.1, 0.15) is 5.01 Å². The van der Waals surface area contributed by atoms with Gasteiger partial charge in [-0.25, -0.2) is 0 Å². The van der Waals surface area contributed by atoms with Crippen molar-refractivity contribution in [3.05, 3.63) is 5.01 Å². The number of aromatic nitrogens is 2. The van der Waals surface area contributed by atoms with Gasteiger partial charge in [0.05, 0.1) is 12.1 Å². The van der Waals surface area contributed by atoms with Crippen LogP contribution in [0.5, 0.6) is 0 Å². The van der Waals surface area contributed by atoms with Crippen LogP contribution in [-0.4, -0.2) is 46.4 Å². The third kappa shape index (κ3) is 2.85. The normalized spacial score (nSPS) is 35.0. The number of hydrogen-bond donors (Lipinski definition) is 2. The molecule has 0 radical (unpaired) electrons. The summed E-state index contributed by atoms with van der Waals surface area (Å²) < 4.78 is 0. The molecule has 7 heteroatoms. The van der Waals surface area contributed by atoms with E-state index in [1.165, 1.54) is 0 Å². The highest BCUT2D eigenvalue weighted by molar-refractivity contribution is 7.15. The summed E-state index contributed by atoms with van der Waals surface area (Å²) in [5.74, 6) is 1.12. The molecule has 1 aliphatic heterocycles. The molecule has 126 valence electrons. The molecule has 1 aromatic rings. The van der Waals surface area contributed by atoms with Crippen molar-refractivity contribution >= 4 is 22.4 Å². The van der Waals surface area contributed by atoms with Gasteiger partial charge in [0.25, 0.3) is 0 Å². The molecule has 3 aliphatic rings. The Morgan fingerprint density at radius 2 is 2.00 bits per heavy atom. The number of rotatable bonds is 3. The van der Waals surface area contributed by atoms with Crippen molar-refractivity contribution in [1.82, 2.24) is 15.5 Å². The van der Waals surface area contributed by atoms with E-state index < -0.39 is 6.10 Å². The fraction of sp³-hybridized carbons (Fsp3) is 0.812. The van der Waals surface area contributed by atoms with E-state index in [1.54, 1.807) is 11.3 Å². The van der Waals surface area contributed by atoms with Crippen molar-refractivity contribution in [2.75, 3.05) is 18.0 Å². The molecule has 0 aromatic carbocycles. The van der Waals surface area contributed by atoms with Crippen LogP contribution in [0.15, 0.2) is 0 Å². The van der Waals surface area contributed by atoms with E-state index in [2.05, 4.69) is 20.4 Å². The second-order valence-electron chi connectivity index (χ2n) is 7.71. The van der Waals surface area contributed by atoms with Crippen LogP contribution in [0.4, 0.5) is 5.13 Å². The van der Waals surface area contributed by atoms with Crippen LogP contribution in [0, 0.1) is 24.2 Å². The highest BCUT2D eigenvalue weighted by atomic mass is 32.1. The van der Waals surface area contributed by atoms with Crippen LogP contribution in [0.1, 0.15) is 37.6 Å². The average molecular weight is 336 g/mol. The van der Waals surface area contributed by atoms with Gasteiger partial charge in [0.15, 0.2) is 0 Å². The number of carbonyl (C=O) groups is 1. The fourth-order valence-corrected chi connectivity index (χ4v) is 4.62. The predicted octanol–water partition coefficient (Wildman–Crippen LogP) is 1.34. The van der Waals surface area contributed by atoms with Gasteiger partial charge in [-0.3, -0.25) is 4.79 Å². The minimum absolute atomic E-state index is 0.0997. The van der Waals surface area contributed by atoms with E-state index in [0.29, 0.717) is 11.8 Å². The summed E-state index contributed by atoms with van der Waals surface area (Å²) in [4.78, 5) is 14.6. The largest absolute Gasteiger partial charge is 0.391 e. The van der Waals surface area contributed by atoms with Crippen molar-refractivity contribution in [2.24, 2.45) is 17.3 Å². The molecule has 1 saturated heterocycles. The maximum Gasteiger partial charge on any atom is 0.226 e.